The van der Waals surface area contributed by atoms with Crippen LogP contribution in [0.5, 0.6) is 0 Å². The van der Waals surface area contributed by atoms with Gasteiger partial charge in [-0.3, -0.25) is 4.79 Å². The molecule has 3 rings (SSSR count). The number of benzene rings is 1. The third kappa shape index (κ3) is 5.35. The number of fused-ring (bicyclic) bond motifs is 2. The largest absolute Gasteiger partial charge is 0.351 e. The minimum absolute atomic E-state index is 0. The lowest BCUT2D eigenvalue weighted by Crippen LogP contribution is -2.57. The molecule has 2 bridgehead atoms. The summed E-state index contributed by atoms with van der Waals surface area (Å²) in [5.41, 5.74) is 6.12. The topological polar surface area (TPSA) is 101 Å². The molecule has 152 valence electrons. The standard InChI is InChI=1S/C18H26ClN3O3S.ClH/c1-11(22-26(24,25)16-7-5-14(19)6-8-16)18(23)21-17-12-3-2-4-13(17)10-15(20)9-12;/h5-8,11-13,15,17,22H,2-4,9-10,20H2,1H3,(H,21,23);1H. The molecule has 9 heteroatoms. The zero-order chi connectivity index (χ0) is 18.9. The van der Waals surface area contributed by atoms with E-state index >= 15 is 0 Å². The highest BCUT2D eigenvalue weighted by atomic mass is 35.5. The van der Waals surface area contributed by atoms with Crippen LogP contribution < -0.4 is 15.8 Å². The molecule has 1 aromatic rings. The lowest BCUT2D eigenvalue weighted by atomic mass is 9.67. The van der Waals surface area contributed by atoms with Crippen LogP contribution in [0.15, 0.2) is 29.2 Å². The molecule has 0 aromatic heterocycles. The van der Waals surface area contributed by atoms with Gasteiger partial charge in [-0.15, -0.1) is 12.4 Å². The van der Waals surface area contributed by atoms with Crippen LogP contribution in [0.2, 0.25) is 5.02 Å². The summed E-state index contributed by atoms with van der Waals surface area (Å²) < 4.78 is 27.3. The molecule has 3 atom stereocenters. The predicted octanol–water partition coefficient (Wildman–Crippen LogP) is 2.45. The Bertz CT molecular complexity index is 744. The van der Waals surface area contributed by atoms with Gasteiger partial charge in [0.2, 0.25) is 15.9 Å². The van der Waals surface area contributed by atoms with Crippen molar-refractivity contribution in [3.05, 3.63) is 29.3 Å². The van der Waals surface area contributed by atoms with E-state index in [1.54, 1.807) is 6.92 Å². The molecule has 0 spiro atoms. The Morgan fingerprint density at radius 3 is 2.30 bits per heavy atom. The monoisotopic (exact) mass is 435 g/mol. The molecule has 3 unspecified atom stereocenters. The van der Waals surface area contributed by atoms with Crippen molar-refractivity contribution in [1.82, 2.24) is 10.0 Å². The van der Waals surface area contributed by atoms with Gasteiger partial charge < -0.3 is 11.1 Å². The van der Waals surface area contributed by atoms with Crippen molar-refractivity contribution in [3.8, 4) is 0 Å². The molecule has 2 aliphatic carbocycles. The summed E-state index contributed by atoms with van der Waals surface area (Å²) in [7, 11) is -3.78. The van der Waals surface area contributed by atoms with Gasteiger partial charge in [-0.25, -0.2) is 8.42 Å². The second-order valence-electron chi connectivity index (χ2n) is 7.51. The average molecular weight is 436 g/mol. The lowest BCUT2D eigenvalue weighted by Gasteiger charge is -2.45. The van der Waals surface area contributed by atoms with E-state index in [2.05, 4.69) is 10.0 Å². The first-order valence-corrected chi connectivity index (χ1v) is 11.0. The van der Waals surface area contributed by atoms with Gasteiger partial charge >= 0.3 is 0 Å². The fraction of sp³-hybridized carbons (Fsp3) is 0.611. The molecule has 1 amide bonds. The molecule has 0 heterocycles. The van der Waals surface area contributed by atoms with Gasteiger partial charge in [0.1, 0.15) is 0 Å². The average Bonchev–Trinajstić information content (AvgIpc) is 2.55. The maximum absolute atomic E-state index is 12.6. The molecule has 2 saturated carbocycles. The number of rotatable bonds is 5. The third-order valence-corrected chi connectivity index (χ3v) is 7.34. The SMILES string of the molecule is CC(NS(=O)(=O)c1ccc(Cl)cc1)C(=O)NC1C2CCCC1CC(N)C2.Cl. The first-order chi connectivity index (χ1) is 12.3. The van der Waals surface area contributed by atoms with Gasteiger partial charge in [0.05, 0.1) is 10.9 Å². The van der Waals surface area contributed by atoms with Crippen LogP contribution in [0, 0.1) is 11.8 Å². The normalized spacial score (nSPS) is 28.7. The van der Waals surface area contributed by atoms with Gasteiger partial charge in [0.25, 0.3) is 0 Å². The van der Waals surface area contributed by atoms with Crippen LogP contribution in [0.1, 0.15) is 39.0 Å². The predicted molar refractivity (Wildman–Crippen MR) is 108 cm³/mol. The van der Waals surface area contributed by atoms with E-state index < -0.39 is 16.1 Å². The van der Waals surface area contributed by atoms with E-state index in [9.17, 15) is 13.2 Å². The van der Waals surface area contributed by atoms with Crippen molar-refractivity contribution in [2.75, 3.05) is 0 Å². The Hall–Kier alpha value is -0.860. The second kappa shape index (κ2) is 9.09. The van der Waals surface area contributed by atoms with Crippen LogP contribution in [-0.4, -0.2) is 32.5 Å². The van der Waals surface area contributed by atoms with Gasteiger partial charge in [0.15, 0.2) is 0 Å². The van der Waals surface area contributed by atoms with Crippen LogP contribution in [0.3, 0.4) is 0 Å². The summed E-state index contributed by atoms with van der Waals surface area (Å²) in [5, 5.41) is 3.54. The lowest BCUT2D eigenvalue weighted by molar-refractivity contribution is -0.124. The van der Waals surface area contributed by atoms with Crippen LogP contribution in [-0.2, 0) is 14.8 Å². The summed E-state index contributed by atoms with van der Waals surface area (Å²) in [6, 6.07) is 5.30. The molecular weight excluding hydrogens is 409 g/mol. The molecule has 2 aliphatic rings. The van der Waals surface area contributed by atoms with E-state index in [1.807, 2.05) is 0 Å². The molecule has 0 aliphatic heterocycles. The highest BCUT2D eigenvalue weighted by molar-refractivity contribution is 7.89. The fourth-order valence-electron chi connectivity index (χ4n) is 4.28. The Morgan fingerprint density at radius 2 is 1.74 bits per heavy atom. The van der Waals surface area contributed by atoms with Crippen LogP contribution in [0.25, 0.3) is 0 Å². The summed E-state index contributed by atoms with van der Waals surface area (Å²) in [4.78, 5) is 12.7. The molecule has 4 N–H and O–H groups in total. The number of halogens is 2. The van der Waals surface area contributed by atoms with E-state index in [0.29, 0.717) is 16.9 Å². The highest BCUT2D eigenvalue weighted by Gasteiger charge is 2.40. The Balaban J connectivity index is 0.00000261. The Kier molecular flexibility index (Phi) is 7.55. The fourth-order valence-corrected chi connectivity index (χ4v) is 5.61. The van der Waals surface area contributed by atoms with E-state index in [-0.39, 0.29) is 35.3 Å². The molecule has 0 saturated heterocycles. The van der Waals surface area contributed by atoms with Crippen LogP contribution in [0.4, 0.5) is 0 Å². The van der Waals surface area contributed by atoms with Gasteiger partial charge in [0, 0.05) is 17.1 Å². The smallest absolute Gasteiger partial charge is 0.241 e. The Morgan fingerprint density at radius 1 is 1.19 bits per heavy atom. The van der Waals surface area contributed by atoms with E-state index in [0.717, 1.165) is 25.7 Å². The molecule has 6 nitrogen and oxygen atoms in total. The van der Waals surface area contributed by atoms with Gasteiger partial charge in [-0.05, 0) is 68.7 Å². The van der Waals surface area contributed by atoms with E-state index in [4.69, 9.17) is 17.3 Å². The summed E-state index contributed by atoms with van der Waals surface area (Å²) >= 11 is 5.79. The van der Waals surface area contributed by atoms with Crippen molar-refractivity contribution in [2.24, 2.45) is 17.6 Å². The number of sulfonamides is 1. The molecule has 1 aromatic carbocycles. The van der Waals surface area contributed by atoms with E-state index in [1.165, 1.54) is 30.7 Å². The second-order valence-corrected chi connectivity index (χ2v) is 9.66. The summed E-state index contributed by atoms with van der Waals surface area (Å²) in [6.07, 6.45) is 5.16. The summed E-state index contributed by atoms with van der Waals surface area (Å²) in [5.74, 6) is 0.489. The van der Waals surface area contributed by atoms with Crippen molar-refractivity contribution in [1.29, 1.82) is 0 Å². The highest BCUT2D eigenvalue weighted by Crippen LogP contribution is 2.39. The molecule has 27 heavy (non-hydrogen) atoms. The molecular formula is C18H27Cl2N3O3S. The van der Waals surface area contributed by atoms with Crippen molar-refractivity contribution in [2.45, 2.75) is 62.0 Å². The summed E-state index contributed by atoms with van der Waals surface area (Å²) in [6.45, 7) is 1.56. The first-order valence-electron chi connectivity index (χ1n) is 9.10. The number of nitrogens with one attached hydrogen (secondary N) is 2. The number of carbonyl (C=O) groups is 1. The Labute approximate surface area is 172 Å². The number of hydrogen-bond acceptors (Lipinski definition) is 4. The minimum atomic E-state index is -3.78. The quantitative estimate of drug-likeness (QED) is 0.660. The number of amides is 1. The zero-order valence-electron chi connectivity index (χ0n) is 15.2. The third-order valence-electron chi connectivity index (χ3n) is 5.53. The van der Waals surface area contributed by atoms with Crippen molar-refractivity contribution < 1.29 is 13.2 Å². The van der Waals surface area contributed by atoms with Crippen molar-refractivity contribution in [3.63, 3.8) is 0 Å². The zero-order valence-corrected chi connectivity index (χ0v) is 17.6. The maximum atomic E-state index is 12.6. The first kappa shape index (κ1) is 22.4. The number of carbonyl (C=O) groups excluding carboxylic acids is 1. The molecule has 0 radical (unpaired) electrons. The van der Waals surface area contributed by atoms with Crippen molar-refractivity contribution >= 4 is 39.9 Å². The molecule has 2 fully saturated rings. The van der Waals surface area contributed by atoms with Crippen LogP contribution >= 0.6 is 24.0 Å². The van der Waals surface area contributed by atoms with Gasteiger partial charge in [-0.1, -0.05) is 18.0 Å². The number of hydrogen-bond donors (Lipinski definition) is 3. The number of nitrogens with two attached hydrogens (primary N) is 1. The maximum Gasteiger partial charge on any atom is 0.241 e. The minimum Gasteiger partial charge on any atom is -0.351 e. The van der Waals surface area contributed by atoms with Gasteiger partial charge in [-0.2, -0.15) is 4.72 Å².